The SMILES string of the molecule is Cn1c(SCc2n[nH]c(=S)n2Cc2ccccc2)nnc1-c1ccccc1. The maximum atomic E-state index is 5.40. The second-order valence-electron chi connectivity index (χ2n) is 6.04. The first-order valence-corrected chi connectivity index (χ1v) is 9.87. The fraction of sp³-hybridized carbons (Fsp3) is 0.158. The van der Waals surface area contributed by atoms with Crippen molar-refractivity contribution in [1.82, 2.24) is 29.5 Å². The van der Waals surface area contributed by atoms with E-state index in [1.807, 2.05) is 64.7 Å². The lowest BCUT2D eigenvalue weighted by atomic mass is 10.2. The zero-order valence-electron chi connectivity index (χ0n) is 14.7. The first-order chi connectivity index (χ1) is 13.2. The first-order valence-electron chi connectivity index (χ1n) is 8.48. The summed E-state index contributed by atoms with van der Waals surface area (Å²) in [5.41, 5.74) is 2.23. The van der Waals surface area contributed by atoms with Crippen molar-refractivity contribution in [2.24, 2.45) is 7.05 Å². The number of hydrogen-bond acceptors (Lipinski definition) is 5. The fourth-order valence-corrected chi connectivity index (χ4v) is 3.87. The summed E-state index contributed by atoms with van der Waals surface area (Å²) in [7, 11) is 1.98. The number of nitrogens with one attached hydrogen (secondary N) is 1. The van der Waals surface area contributed by atoms with Crippen LogP contribution in [0.2, 0.25) is 0 Å². The number of hydrogen-bond donors (Lipinski definition) is 1. The average molecular weight is 395 g/mol. The molecule has 0 aliphatic carbocycles. The highest BCUT2D eigenvalue weighted by Gasteiger charge is 2.13. The van der Waals surface area contributed by atoms with Crippen LogP contribution in [0.5, 0.6) is 0 Å². The maximum absolute atomic E-state index is 5.40. The largest absolute Gasteiger partial charge is 0.305 e. The van der Waals surface area contributed by atoms with Crippen molar-refractivity contribution < 1.29 is 0 Å². The Hall–Kier alpha value is -2.71. The zero-order valence-corrected chi connectivity index (χ0v) is 16.4. The van der Waals surface area contributed by atoms with Gasteiger partial charge in [0.05, 0.1) is 12.3 Å². The van der Waals surface area contributed by atoms with Crippen LogP contribution in [0.4, 0.5) is 0 Å². The van der Waals surface area contributed by atoms with Crippen molar-refractivity contribution in [3.63, 3.8) is 0 Å². The summed E-state index contributed by atoms with van der Waals surface area (Å²) < 4.78 is 4.65. The molecule has 0 amide bonds. The van der Waals surface area contributed by atoms with E-state index in [1.165, 1.54) is 5.56 Å². The van der Waals surface area contributed by atoms with Crippen molar-refractivity contribution in [3.8, 4) is 11.4 Å². The summed E-state index contributed by atoms with van der Waals surface area (Å²) in [6.07, 6.45) is 0. The van der Waals surface area contributed by atoms with Crippen LogP contribution in [0.25, 0.3) is 11.4 Å². The lowest BCUT2D eigenvalue weighted by Gasteiger charge is -2.07. The van der Waals surface area contributed by atoms with Gasteiger partial charge in [-0.25, -0.2) is 0 Å². The number of benzene rings is 2. The summed E-state index contributed by atoms with van der Waals surface area (Å²) in [6, 6.07) is 20.3. The molecule has 0 atom stereocenters. The van der Waals surface area contributed by atoms with E-state index >= 15 is 0 Å². The van der Waals surface area contributed by atoms with Crippen LogP contribution in [-0.4, -0.2) is 29.5 Å². The minimum atomic E-state index is 0.623. The Morgan fingerprint density at radius 2 is 1.70 bits per heavy atom. The Balaban J connectivity index is 1.52. The van der Waals surface area contributed by atoms with E-state index in [4.69, 9.17) is 12.2 Å². The fourth-order valence-electron chi connectivity index (χ4n) is 2.80. The Bertz CT molecular complexity index is 1080. The third-order valence-corrected chi connectivity index (χ3v) is 5.55. The van der Waals surface area contributed by atoms with Gasteiger partial charge in [0.25, 0.3) is 0 Å². The van der Waals surface area contributed by atoms with Crippen LogP contribution in [0, 0.1) is 4.77 Å². The summed E-state index contributed by atoms with van der Waals surface area (Å²) in [6.45, 7) is 0.695. The lowest BCUT2D eigenvalue weighted by Crippen LogP contribution is -2.05. The minimum absolute atomic E-state index is 0.623. The van der Waals surface area contributed by atoms with Crippen molar-refractivity contribution >= 4 is 24.0 Å². The zero-order chi connectivity index (χ0) is 18.6. The number of rotatable bonds is 6. The molecule has 0 radical (unpaired) electrons. The van der Waals surface area contributed by atoms with Crippen LogP contribution in [0.15, 0.2) is 65.8 Å². The van der Waals surface area contributed by atoms with E-state index in [0.29, 0.717) is 17.1 Å². The second kappa shape index (κ2) is 7.89. The van der Waals surface area contributed by atoms with E-state index in [2.05, 4.69) is 32.5 Å². The number of aromatic amines is 1. The molecule has 136 valence electrons. The molecule has 2 aromatic carbocycles. The van der Waals surface area contributed by atoms with Gasteiger partial charge in [-0.1, -0.05) is 72.4 Å². The summed E-state index contributed by atoms with van der Waals surface area (Å²) in [5, 5.41) is 16.8. The minimum Gasteiger partial charge on any atom is -0.305 e. The Morgan fingerprint density at radius 3 is 2.44 bits per heavy atom. The van der Waals surface area contributed by atoms with Gasteiger partial charge in [-0.15, -0.1) is 10.2 Å². The lowest BCUT2D eigenvalue weighted by molar-refractivity contribution is 0.743. The van der Waals surface area contributed by atoms with E-state index < -0.39 is 0 Å². The molecular weight excluding hydrogens is 376 g/mol. The highest BCUT2D eigenvalue weighted by molar-refractivity contribution is 7.98. The predicted octanol–water partition coefficient (Wildman–Crippen LogP) is 4.08. The van der Waals surface area contributed by atoms with Gasteiger partial charge in [0, 0.05) is 12.6 Å². The average Bonchev–Trinajstić information content (AvgIpc) is 3.24. The van der Waals surface area contributed by atoms with E-state index in [1.54, 1.807) is 11.8 Å². The smallest absolute Gasteiger partial charge is 0.195 e. The molecule has 2 aromatic heterocycles. The topological polar surface area (TPSA) is 64.3 Å². The number of thioether (sulfide) groups is 1. The quantitative estimate of drug-likeness (QED) is 0.394. The summed E-state index contributed by atoms with van der Waals surface area (Å²) in [4.78, 5) is 0. The highest BCUT2D eigenvalue weighted by Crippen LogP contribution is 2.24. The normalized spacial score (nSPS) is 11.0. The number of nitrogens with zero attached hydrogens (tertiary/aromatic N) is 5. The van der Waals surface area contributed by atoms with Gasteiger partial charge in [0.2, 0.25) is 0 Å². The molecule has 0 aliphatic rings. The molecule has 6 nitrogen and oxygen atoms in total. The Morgan fingerprint density at radius 1 is 1.00 bits per heavy atom. The van der Waals surface area contributed by atoms with Crippen molar-refractivity contribution in [2.45, 2.75) is 17.5 Å². The van der Waals surface area contributed by atoms with Crippen LogP contribution in [0.1, 0.15) is 11.4 Å². The molecular formula is C19H18N6S2. The van der Waals surface area contributed by atoms with Gasteiger partial charge in [0.1, 0.15) is 5.82 Å². The standard InChI is InChI=1S/C19H18N6S2/c1-24-17(15-10-6-3-7-11-15)21-23-19(24)27-13-16-20-22-18(26)25(16)12-14-8-4-2-5-9-14/h2-11H,12-13H2,1H3,(H,22,26). The van der Waals surface area contributed by atoms with Gasteiger partial charge < -0.3 is 4.57 Å². The molecule has 4 aromatic rings. The molecule has 0 aliphatic heterocycles. The van der Waals surface area contributed by atoms with E-state index in [0.717, 1.165) is 22.4 Å². The molecule has 8 heteroatoms. The van der Waals surface area contributed by atoms with Crippen molar-refractivity contribution in [2.75, 3.05) is 0 Å². The molecule has 0 fully saturated rings. The molecule has 0 saturated heterocycles. The Kier molecular flexibility index (Phi) is 5.17. The third kappa shape index (κ3) is 3.86. The molecule has 0 spiro atoms. The van der Waals surface area contributed by atoms with Gasteiger partial charge in [-0.05, 0) is 17.8 Å². The summed E-state index contributed by atoms with van der Waals surface area (Å²) in [5.74, 6) is 2.39. The molecule has 0 saturated carbocycles. The summed E-state index contributed by atoms with van der Waals surface area (Å²) >= 11 is 6.99. The van der Waals surface area contributed by atoms with E-state index in [-0.39, 0.29) is 0 Å². The number of H-pyrrole nitrogens is 1. The molecule has 4 rings (SSSR count). The Labute approximate surface area is 166 Å². The van der Waals surface area contributed by atoms with Gasteiger partial charge in [0.15, 0.2) is 15.8 Å². The highest BCUT2D eigenvalue weighted by atomic mass is 32.2. The molecule has 2 heterocycles. The molecule has 0 bridgehead atoms. The van der Waals surface area contributed by atoms with Crippen LogP contribution >= 0.6 is 24.0 Å². The first kappa shape index (κ1) is 17.7. The molecule has 27 heavy (non-hydrogen) atoms. The second-order valence-corrected chi connectivity index (χ2v) is 7.37. The number of aromatic nitrogens is 6. The van der Waals surface area contributed by atoms with Crippen LogP contribution in [-0.2, 0) is 19.3 Å². The van der Waals surface area contributed by atoms with Gasteiger partial charge in [-0.3, -0.25) is 9.67 Å². The molecule has 1 N–H and O–H groups in total. The van der Waals surface area contributed by atoms with Crippen molar-refractivity contribution in [3.05, 3.63) is 76.8 Å². The maximum Gasteiger partial charge on any atom is 0.195 e. The monoisotopic (exact) mass is 394 g/mol. The van der Waals surface area contributed by atoms with Gasteiger partial charge in [-0.2, -0.15) is 5.10 Å². The van der Waals surface area contributed by atoms with E-state index in [9.17, 15) is 0 Å². The van der Waals surface area contributed by atoms with Gasteiger partial charge >= 0.3 is 0 Å². The van der Waals surface area contributed by atoms with Crippen LogP contribution in [0.3, 0.4) is 0 Å². The predicted molar refractivity (Wildman–Crippen MR) is 109 cm³/mol. The molecule has 0 unspecified atom stereocenters. The van der Waals surface area contributed by atoms with Crippen LogP contribution < -0.4 is 0 Å². The third-order valence-electron chi connectivity index (χ3n) is 4.22. The van der Waals surface area contributed by atoms with Crippen molar-refractivity contribution in [1.29, 1.82) is 0 Å².